The van der Waals surface area contributed by atoms with Crippen molar-refractivity contribution in [3.63, 3.8) is 0 Å². The van der Waals surface area contributed by atoms with Crippen molar-refractivity contribution < 1.29 is 0 Å². The summed E-state index contributed by atoms with van der Waals surface area (Å²) in [6.45, 7) is 1.97. The standard InChI is InChI=1S/C13H11ClN4/c1-8-2-3-9(6-11(8)15)13-16-12-5-4-10(14)7-18(12)17-13/h2-7H,15H2,1H3. The van der Waals surface area contributed by atoms with Crippen molar-refractivity contribution in [2.24, 2.45) is 0 Å². The molecule has 0 amide bonds. The molecule has 0 radical (unpaired) electrons. The number of rotatable bonds is 1. The predicted octanol–water partition coefficient (Wildman–Crippen LogP) is 2.94. The van der Waals surface area contributed by atoms with E-state index in [4.69, 9.17) is 17.3 Å². The fraction of sp³-hybridized carbons (Fsp3) is 0.0769. The molecular formula is C13H11ClN4. The Morgan fingerprint density at radius 3 is 2.83 bits per heavy atom. The molecule has 5 heteroatoms. The summed E-state index contributed by atoms with van der Waals surface area (Å²) in [6, 6.07) is 9.42. The average Bonchev–Trinajstić information content (AvgIpc) is 2.75. The van der Waals surface area contributed by atoms with Crippen LogP contribution in [-0.2, 0) is 0 Å². The normalized spacial score (nSPS) is 11.0. The van der Waals surface area contributed by atoms with Gasteiger partial charge < -0.3 is 5.73 Å². The highest BCUT2D eigenvalue weighted by molar-refractivity contribution is 6.30. The third-order valence-electron chi connectivity index (χ3n) is 2.83. The fourth-order valence-electron chi connectivity index (χ4n) is 1.76. The Balaban J connectivity index is 2.16. The first-order valence-electron chi connectivity index (χ1n) is 5.52. The molecule has 0 aliphatic carbocycles. The Morgan fingerprint density at radius 1 is 1.22 bits per heavy atom. The van der Waals surface area contributed by atoms with Gasteiger partial charge in [0.25, 0.3) is 0 Å². The molecule has 90 valence electrons. The Labute approximate surface area is 109 Å². The molecule has 0 atom stereocenters. The highest BCUT2D eigenvalue weighted by atomic mass is 35.5. The van der Waals surface area contributed by atoms with Crippen LogP contribution in [0.2, 0.25) is 5.02 Å². The number of aromatic nitrogens is 3. The van der Waals surface area contributed by atoms with Gasteiger partial charge in [-0.2, -0.15) is 0 Å². The number of fused-ring (bicyclic) bond motifs is 1. The molecule has 3 aromatic rings. The molecule has 0 saturated heterocycles. The van der Waals surface area contributed by atoms with Crippen LogP contribution in [0.5, 0.6) is 0 Å². The molecule has 0 spiro atoms. The number of aryl methyl sites for hydroxylation is 1. The Hall–Kier alpha value is -2.07. The topological polar surface area (TPSA) is 56.2 Å². The maximum absolute atomic E-state index is 5.91. The van der Waals surface area contributed by atoms with Crippen LogP contribution >= 0.6 is 11.6 Å². The van der Waals surface area contributed by atoms with Gasteiger partial charge in [0.15, 0.2) is 11.5 Å². The van der Waals surface area contributed by atoms with Crippen molar-refractivity contribution in [1.29, 1.82) is 0 Å². The van der Waals surface area contributed by atoms with Gasteiger partial charge in [0.05, 0.1) is 5.02 Å². The Morgan fingerprint density at radius 2 is 2.06 bits per heavy atom. The molecule has 18 heavy (non-hydrogen) atoms. The second kappa shape index (κ2) is 3.99. The first kappa shape index (κ1) is 11.0. The van der Waals surface area contributed by atoms with Gasteiger partial charge in [-0.15, -0.1) is 5.10 Å². The van der Waals surface area contributed by atoms with Crippen LogP contribution in [0.3, 0.4) is 0 Å². The molecule has 4 nitrogen and oxygen atoms in total. The lowest BCUT2D eigenvalue weighted by Crippen LogP contribution is -1.91. The molecular weight excluding hydrogens is 248 g/mol. The number of pyridine rings is 1. The number of nitrogens with two attached hydrogens (primary N) is 1. The summed E-state index contributed by atoms with van der Waals surface area (Å²) in [5.41, 5.74) is 9.34. The van der Waals surface area contributed by atoms with Crippen LogP contribution in [0.25, 0.3) is 17.0 Å². The van der Waals surface area contributed by atoms with E-state index >= 15 is 0 Å². The van der Waals surface area contributed by atoms with Gasteiger partial charge >= 0.3 is 0 Å². The minimum atomic E-state index is 0.627. The molecule has 0 unspecified atom stereocenters. The van der Waals surface area contributed by atoms with Gasteiger partial charge in [-0.05, 0) is 30.7 Å². The summed E-state index contributed by atoms with van der Waals surface area (Å²) < 4.78 is 1.66. The highest BCUT2D eigenvalue weighted by Gasteiger charge is 2.07. The van der Waals surface area contributed by atoms with Crippen LogP contribution < -0.4 is 5.73 Å². The first-order chi connectivity index (χ1) is 8.63. The smallest absolute Gasteiger partial charge is 0.182 e. The van der Waals surface area contributed by atoms with E-state index < -0.39 is 0 Å². The van der Waals surface area contributed by atoms with Crippen molar-refractivity contribution >= 4 is 22.9 Å². The average molecular weight is 259 g/mol. The number of nitrogen functional groups attached to an aromatic ring is 1. The summed E-state index contributed by atoms with van der Waals surface area (Å²) in [5, 5.41) is 5.01. The van der Waals surface area contributed by atoms with Crippen molar-refractivity contribution in [3.8, 4) is 11.4 Å². The summed E-state index contributed by atoms with van der Waals surface area (Å²) in [6.07, 6.45) is 1.73. The van der Waals surface area contributed by atoms with Gasteiger partial charge in [0, 0.05) is 17.4 Å². The van der Waals surface area contributed by atoms with Crippen LogP contribution in [0, 0.1) is 6.92 Å². The Bertz CT molecular complexity index is 733. The second-order valence-corrected chi connectivity index (χ2v) is 4.59. The lowest BCUT2D eigenvalue weighted by Gasteiger charge is -2.00. The number of hydrogen-bond donors (Lipinski definition) is 1. The number of nitrogens with zero attached hydrogens (tertiary/aromatic N) is 3. The van der Waals surface area contributed by atoms with Crippen molar-refractivity contribution in [3.05, 3.63) is 47.1 Å². The van der Waals surface area contributed by atoms with Gasteiger partial charge in [-0.3, -0.25) is 0 Å². The zero-order valence-corrected chi connectivity index (χ0v) is 10.5. The van der Waals surface area contributed by atoms with Gasteiger partial charge in [0.1, 0.15) is 0 Å². The number of anilines is 1. The molecule has 2 heterocycles. The molecule has 0 bridgehead atoms. The third kappa shape index (κ3) is 1.80. The number of halogens is 1. The van der Waals surface area contributed by atoms with Crippen molar-refractivity contribution in [2.75, 3.05) is 5.73 Å². The molecule has 0 aliphatic rings. The van der Waals surface area contributed by atoms with Gasteiger partial charge in [-0.1, -0.05) is 23.7 Å². The maximum Gasteiger partial charge on any atom is 0.182 e. The molecule has 0 fully saturated rings. The third-order valence-corrected chi connectivity index (χ3v) is 3.06. The largest absolute Gasteiger partial charge is 0.398 e. The summed E-state index contributed by atoms with van der Waals surface area (Å²) in [7, 11) is 0. The minimum Gasteiger partial charge on any atom is -0.398 e. The summed E-state index contributed by atoms with van der Waals surface area (Å²) >= 11 is 5.91. The maximum atomic E-state index is 5.91. The first-order valence-corrected chi connectivity index (χ1v) is 5.90. The van der Waals surface area contributed by atoms with E-state index in [-0.39, 0.29) is 0 Å². The van der Waals surface area contributed by atoms with Gasteiger partial charge in [0.2, 0.25) is 0 Å². The van der Waals surface area contributed by atoms with Crippen molar-refractivity contribution in [1.82, 2.24) is 14.6 Å². The van der Waals surface area contributed by atoms with E-state index in [1.807, 2.05) is 31.2 Å². The van der Waals surface area contributed by atoms with E-state index in [1.165, 1.54) is 0 Å². The monoisotopic (exact) mass is 258 g/mol. The lowest BCUT2D eigenvalue weighted by atomic mass is 10.1. The minimum absolute atomic E-state index is 0.627. The van der Waals surface area contributed by atoms with E-state index in [2.05, 4.69) is 10.1 Å². The quantitative estimate of drug-likeness (QED) is 0.683. The summed E-state index contributed by atoms with van der Waals surface area (Å²) in [5.74, 6) is 0.643. The van der Waals surface area contributed by atoms with E-state index in [1.54, 1.807) is 16.8 Å². The Kier molecular flexibility index (Phi) is 2.45. The summed E-state index contributed by atoms with van der Waals surface area (Å²) in [4.78, 5) is 4.43. The second-order valence-electron chi connectivity index (χ2n) is 4.16. The van der Waals surface area contributed by atoms with Crippen LogP contribution in [0.15, 0.2) is 36.5 Å². The number of hydrogen-bond acceptors (Lipinski definition) is 3. The molecule has 1 aromatic carbocycles. The lowest BCUT2D eigenvalue weighted by molar-refractivity contribution is 0.966. The molecule has 3 rings (SSSR count). The zero-order valence-electron chi connectivity index (χ0n) is 9.76. The van der Waals surface area contributed by atoms with Crippen LogP contribution in [0.4, 0.5) is 5.69 Å². The van der Waals surface area contributed by atoms with E-state index in [9.17, 15) is 0 Å². The van der Waals surface area contributed by atoms with Crippen LogP contribution in [-0.4, -0.2) is 14.6 Å². The SMILES string of the molecule is Cc1ccc(-c2nc3ccc(Cl)cn3n2)cc1N. The van der Waals surface area contributed by atoms with E-state index in [0.29, 0.717) is 10.8 Å². The predicted molar refractivity (Wildman–Crippen MR) is 72.6 cm³/mol. The number of benzene rings is 1. The van der Waals surface area contributed by atoms with Crippen molar-refractivity contribution in [2.45, 2.75) is 6.92 Å². The molecule has 2 aromatic heterocycles. The highest BCUT2D eigenvalue weighted by Crippen LogP contribution is 2.22. The molecule has 0 aliphatic heterocycles. The van der Waals surface area contributed by atoms with E-state index in [0.717, 1.165) is 22.5 Å². The zero-order chi connectivity index (χ0) is 12.7. The molecule has 0 saturated carbocycles. The fourth-order valence-corrected chi connectivity index (χ4v) is 1.92. The molecule has 2 N–H and O–H groups in total. The van der Waals surface area contributed by atoms with Gasteiger partial charge in [-0.25, -0.2) is 9.50 Å². The van der Waals surface area contributed by atoms with Crippen LogP contribution in [0.1, 0.15) is 5.56 Å².